The molecule has 2 aliphatic heterocycles. The molecule has 3 atom stereocenters. The SMILES string of the molecule is CC(=O)[C@@H]1[C@H]2c3ccccc3O[C@@]1(C)N=c1s/c(=C\c3ccccc3)c(=O)n12. The van der Waals surface area contributed by atoms with E-state index in [4.69, 9.17) is 9.73 Å². The average molecular weight is 390 g/mol. The summed E-state index contributed by atoms with van der Waals surface area (Å²) in [6.07, 6.45) is 1.87. The normalized spacial score (nSPS) is 25.3. The zero-order valence-corrected chi connectivity index (χ0v) is 16.3. The molecule has 6 heteroatoms. The summed E-state index contributed by atoms with van der Waals surface area (Å²) in [5, 5.41) is 0. The van der Waals surface area contributed by atoms with E-state index in [-0.39, 0.29) is 11.3 Å². The number of carbonyl (C=O) groups is 1. The number of hydrogen-bond donors (Lipinski definition) is 0. The van der Waals surface area contributed by atoms with Crippen LogP contribution in [0.3, 0.4) is 0 Å². The smallest absolute Gasteiger partial charge is 0.270 e. The lowest BCUT2D eigenvalue weighted by atomic mass is 9.79. The first-order valence-corrected chi connectivity index (χ1v) is 9.96. The topological polar surface area (TPSA) is 60.7 Å². The maximum atomic E-state index is 13.3. The number of Topliss-reactive ketones (excluding diaryl/α,β-unsaturated/α-hetero) is 1. The van der Waals surface area contributed by atoms with Gasteiger partial charge in [-0.15, -0.1) is 0 Å². The number of ketones is 1. The van der Waals surface area contributed by atoms with Gasteiger partial charge in [0.05, 0.1) is 10.6 Å². The van der Waals surface area contributed by atoms with Gasteiger partial charge in [0.15, 0.2) is 4.80 Å². The van der Waals surface area contributed by atoms with Crippen LogP contribution in [0.1, 0.15) is 31.0 Å². The second-order valence-corrected chi connectivity index (χ2v) is 8.33. The molecule has 0 aliphatic carbocycles. The molecule has 140 valence electrons. The van der Waals surface area contributed by atoms with Crippen molar-refractivity contribution in [2.24, 2.45) is 10.9 Å². The Morgan fingerprint density at radius 1 is 1.18 bits per heavy atom. The zero-order valence-electron chi connectivity index (χ0n) is 15.5. The Labute approximate surface area is 165 Å². The van der Waals surface area contributed by atoms with Crippen LogP contribution >= 0.6 is 11.3 Å². The summed E-state index contributed by atoms with van der Waals surface area (Å²) in [7, 11) is 0. The third kappa shape index (κ3) is 2.41. The van der Waals surface area contributed by atoms with E-state index in [9.17, 15) is 9.59 Å². The van der Waals surface area contributed by atoms with Crippen molar-refractivity contribution in [2.45, 2.75) is 25.6 Å². The zero-order chi connectivity index (χ0) is 19.5. The van der Waals surface area contributed by atoms with E-state index in [2.05, 4.69) is 0 Å². The monoisotopic (exact) mass is 390 g/mol. The van der Waals surface area contributed by atoms with Crippen molar-refractivity contribution < 1.29 is 9.53 Å². The Bertz CT molecular complexity index is 1280. The van der Waals surface area contributed by atoms with Gasteiger partial charge in [-0.3, -0.25) is 14.2 Å². The lowest BCUT2D eigenvalue weighted by Gasteiger charge is -2.45. The van der Waals surface area contributed by atoms with Crippen molar-refractivity contribution in [3.8, 4) is 5.75 Å². The number of nitrogens with zero attached hydrogens (tertiary/aromatic N) is 2. The molecule has 0 fully saturated rings. The van der Waals surface area contributed by atoms with Crippen LogP contribution in [0.25, 0.3) is 6.08 Å². The molecule has 0 unspecified atom stereocenters. The fourth-order valence-corrected chi connectivity index (χ4v) is 5.36. The molecular weight excluding hydrogens is 372 g/mol. The van der Waals surface area contributed by atoms with Gasteiger partial charge in [-0.05, 0) is 31.6 Å². The van der Waals surface area contributed by atoms with E-state index in [0.717, 1.165) is 11.1 Å². The highest BCUT2D eigenvalue weighted by Gasteiger charge is 2.53. The number of rotatable bonds is 2. The molecule has 2 aromatic carbocycles. The van der Waals surface area contributed by atoms with Crippen LogP contribution in [0.2, 0.25) is 0 Å². The first-order chi connectivity index (χ1) is 13.5. The van der Waals surface area contributed by atoms with Gasteiger partial charge in [-0.25, -0.2) is 4.99 Å². The van der Waals surface area contributed by atoms with Gasteiger partial charge in [0.2, 0.25) is 5.72 Å². The first-order valence-electron chi connectivity index (χ1n) is 9.14. The number of fused-ring (bicyclic) bond motifs is 6. The van der Waals surface area contributed by atoms with Crippen molar-refractivity contribution in [1.82, 2.24) is 4.57 Å². The highest BCUT2D eigenvalue weighted by molar-refractivity contribution is 7.07. The standard InChI is InChI=1S/C22H18N2O3S/c1-13(25)18-19-15-10-6-7-11-16(15)27-22(18,2)23-21-24(19)20(26)17(28-21)12-14-8-4-3-5-9-14/h3-12,18-19H,1-2H3/b17-12-/t18-,19-,22-/m1/s1. The largest absolute Gasteiger partial charge is 0.465 e. The predicted molar refractivity (Wildman–Crippen MR) is 107 cm³/mol. The second-order valence-electron chi connectivity index (χ2n) is 7.32. The fourth-order valence-electron chi connectivity index (χ4n) is 4.26. The lowest BCUT2D eigenvalue weighted by molar-refractivity contribution is -0.132. The number of para-hydroxylation sites is 1. The van der Waals surface area contributed by atoms with Crippen LogP contribution in [0, 0.1) is 5.92 Å². The van der Waals surface area contributed by atoms with Gasteiger partial charge < -0.3 is 4.74 Å². The van der Waals surface area contributed by atoms with Gasteiger partial charge in [-0.1, -0.05) is 59.9 Å². The van der Waals surface area contributed by atoms with E-state index in [1.807, 2.05) is 67.6 Å². The Morgan fingerprint density at radius 3 is 2.64 bits per heavy atom. The van der Waals surface area contributed by atoms with Crippen molar-refractivity contribution >= 4 is 23.2 Å². The quantitative estimate of drug-likeness (QED) is 0.675. The molecule has 28 heavy (non-hydrogen) atoms. The van der Waals surface area contributed by atoms with Gasteiger partial charge in [0, 0.05) is 5.56 Å². The molecule has 0 N–H and O–H groups in total. The molecule has 3 aromatic rings. The van der Waals surface area contributed by atoms with E-state index < -0.39 is 17.7 Å². The summed E-state index contributed by atoms with van der Waals surface area (Å²) in [6.45, 7) is 3.37. The summed E-state index contributed by atoms with van der Waals surface area (Å²) >= 11 is 1.34. The van der Waals surface area contributed by atoms with E-state index in [1.165, 1.54) is 11.3 Å². The molecule has 2 bridgehead atoms. The molecule has 0 amide bonds. The molecular formula is C22H18N2O3S. The third-order valence-electron chi connectivity index (χ3n) is 5.42. The minimum absolute atomic E-state index is 0.0388. The van der Waals surface area contributed by atoms with Crippen LogP contribution in [0.4, 0.5) is 0 Å². The van der Waals surface area contributed by atoms with Crippen LogP contribution in [0.15, 0.2) is 64.4 Å². The Hall–Kier alpha value is -2.99. The number of carbonyl (C=O) groups excluding carboxylic acids is 1. The van der Waals surface area contributed by atoms with Crippen LogP contribution < -0.4 is 19.6 Å². The summed E-state index contributed by atoms with van der Waals surface area (Å²) in [4.78, 5) is 31.2. The molecule has 5 rings (SSSR count). The maximum Gasteiger partial charge on any atom is 0.270 e. The van der Waals surface area contributed by atoms with Crippen LogP contribution in [-0.2, 0) is 4.79 Å². The summed E-state index contributed by atoms with van der Waals surface area (Å²) in [6, 6.07) is 16.9. The third-order valence-corrected chi connectivity index (χ3v) is 6.40. The van der Waals surface area contributed by atoms with Crippen molar-refractivity contribution in [3.05, 3.63) is 85.4 Å². The van der Waals surface area contributed by atoms with Gasteiger partial charge in [-0.2, -0.15) is 0 Å². The van der Waals surface area contributed by atoms with Gasteiger partial charge in [0.25, 0.3) is 5.56 Å². The molecule has 5 nitrogen and oxygen atoms in total. The molecule has 0 radical (unpaired) electrons. The summed E-state index contributed by atoms with van der Waals surface area (Å²) < 4.78 is 8.46. The van der Waals surface area contributed by atoms with Crippen molar-refractivity contribution in [1.29, 1.82) is 0 Å². The summed E-state index contributed by atoms with van der Waals surface area (Å²) in [5.74, 6) is 0.0865. The number of benzene rings is 2. The van der Waals surface area contributed by atoms with Crippen molar-refractivity contribution in [2.75, 3.05) is 0 Å². The molecule has 1 aromatic heterocycles. The maximum absolute atomic E-state index is 13.3. The lowest BCUT2D eigenvalue weighted by Crippen LogP contribution is -2.58. The van der Waals surface area contributed by atoms with E-state index in [0.29, 0.717) is 15.1 Å². The van der Waals surface area contributed by atoms with E-state index in [1.54, 1.807) is 11.5 Å². The minimum Gasteiger partial charge on any atom is -0.465 e. The summed E-state index contributed by atoms with van der Waals surface area (Å²) in [5.41, 5.74) is 0.657. The Morgan fingerprint density at radius 2 is 1.89 bits per heavy atom. The van der Waals surface area contributed by atoms with Crippen LogP contribution in [0.5, 0.6) is 5.75 Å². The Kier molecular flexibility index (Phi) is 3.67. The van der Waals surface area contributed by atoms with Crippen LogP contribution in [-0.4, -0.2) is 16.1 Å². The molecule has 0 spiro atoms. The number of ether oxygens (including phenoxy) is 1. The highest BCUT2D eigenvalue weighted by atomic mass is 32.1. The predicted octanol–water partition coefficient (Wildman–Crippen LogP) is 2.28. The number of hydrogen-bond acceptors (Lipinski definition) is 5. The Balaban J connectivity index is 1.83. The van der Waals surface area contributed by atoms with Gasteiger partial charge in [0.1, 0.15) is 17.5 Å². The second kappa shape index (κ2) is 6.01. The van der Waals surface area contributed by atoms with Gasteiger partial charge >= 0.3 is 0 Å². The number of thiazole rings is 1. The molecule has 2 aliphatic rings. The highest BCUT2D eigenvalue weighted by Crippen LogP contribution is 2.47. The minimum atomic E-state index is -1.02. The average Bonchev–Trinajstić information content (AvgIpc) is 2.95. The first kappa shape index (κ1) is 17.1. The molecule has 0 saturated heterocycles. The fraction of sp³-hybridized carbons (Fsp3) is 0.227. The molecule has 0 saturated carbocycles. The number of aromatic nitrogens is 1. The van der Waals surface area contributed by atoms with Crippen molar-refractivity contribution in [3.63, 3.8) is 0 Å². The van der Waals surface area contributed by atoms with E-state index >= 15 is 0 Å². The molecule has 3 heterocycles.